The first-order valence-corrected chi connectivity index (χ1v) is 23.0. The van der Waals surface area contributed by atoms with Crippen LogP contribution in [0.1, 0.15) is 41.3 Å². The number of hydrogen-bond acceptors (Lipinski definition) is 13. The lowest BCUT2D eigenvalue weighted by Gasteiger charge is -2.37. The van der Waals surface area contributed by atoms with E-state index in [0.717, 1.165) is 33.8 Å². The summed E-state index contributed by atoms with van der Waals surface area (Å²) in [5, 5.41) is 28.3. The second-order valence-corrected chi connectivity index (χ2v) is 18.1. The Labute approximate surface area is 374 Å². The van der Waals surface area contributed by atoms with E-state index < -0.39 is 37.5 Å². The van der Waals surface area contributed by atoms with Crippen LogP contribution in [0.2, 0.25) is 5.02 Å². The smallest absolute Gasteiger partial charge is 0.293 e. The van der Waals surface area contributed by atoms with E-state index in [0.29, 0.717) is 93.2 Å². The molecule has 2 atom stereocenters. The second kappa shape index (κ2) is 18.5. The zero-order valence-electron chi connectivity index (χ0n) is 34.6. The van der Waals surface area contributed by atoms with Crippen LogP contribution in [-0.4, -0.2) is 93.0 Å². The van der Waals surface area contributed by atoms with Crippen LogP contribution in [0.4, 0.5) is 28.4 Å². The highest BCUT2D eigenvalue weighted by atomic mass is 35.5. The molecule has 2 saturated heterocycles. The molecule has 18 heteroatoms. The number of pyridine rings is 1. The van der Waals surface area contributed by atoms with Crippen LogP contribution in [0.5, 0.6) is 5.88 Å². The van der Waals surface area contributed by atoms with E-state index >= 15 is 0 Å². The van der Waals surface area contributed by atoms with Gasteiger partial charge in [0.05, 0.1) is 59.7 Å². The number of ether oxygens (including phenoxy) is 3. The van der Waals surface area contributed by atoms with Crippen molar-refractivity contribution in [2.45, 2.75) is 36.4 Å². The van der Waals surface area contributed by atoms with Gasteiger partial charge in [0.15, 0.2) is 0 Å². The Morgan fingerprint density at radius 3 is 2.56 bits per heavy atom. The van der Waals surface area contributed by atoms with Crippen LogP contribution in [-0.2, 0) is 19.5 Å². The average Bonchev–Trinajstić information content (AvgIpc) is 3.68. The van der Waals surface area contributed by atoms with Crippen molar-refractivity contribution in [3.05, 3.63) is 130 Å². The number of aliphatic hydroxyl groups is 1. The number of aliphatic hydroxyl groups excluding tert-OH is 1. The minimum Gasteiger partial charge on any atom is -0.476 e. The summed E-state index contributed by atoms with van der Waals surface area (Å²) in [5.41, 5.74) is 4.90. The standard InChI is InChI=1S/C46H46ClN7O9S/c47-32-8-6-29(7-9-32)36-4-1-2-5-37(36)43(55)30-15-19-52(20-16-30)33-10-12-38(40(25-33)53-18-3-21-63-46-42(53)24-31-14-17-48-44(31)50-46)45(56)51-64(59,60)35-11-13-39(41(26-35)54(57)58)49-27-34-28-61-22-23-62-34/h1-2,4-14,17,24-26,30,34,43,49,55H,3,15-16,18-23,27-28H2,(H,48,50)(H,51,56)/t34-,43+/m0/s1. The molecule has 0 unspecified atom stereocenters. The number of anilines is 4. The Morgan fingerprint density at radius 1 is 0.969 bits per heavy atom. The van der Waals surface area contributed by atoms with Crippen LogP contribution < -0.4 is 24.6 Å². The van der Waals surface area contributed by atoms with Gasteiger partial charge in [-0.1, -0.05) is 48.0 Å². The van der Waals surface area contributed by atoms with Crippen LogP contribution in [0.3, 0.4) is 0 Å². The quantitative estimate of drug-likeness (QED) is 0.0691. The topological polar surface area (TPSA) is 201 Å². The molecule has 64 heavy (non-hydrogen) atoms. The molecule has 9 rings (SSSR count). The number of nitrogens with zero attached hydrogens (tertiary/aromatic N) is 4. The number of carbonyl (C=O) groups is 1. The molecular formula is C46H46ClN7O9S. The Balaban J connectivity index is 0.996. The van der Waals surface area contributed by atoms with E-state index in [9.17, 15) is 28.4 Å². The molecule has 1 amide bonds. The van der Waals surface area contributed by atoms with Gasteiger partial charge < -0.3 is 39.4 Å². The van der Waals surface area contributed by atoms with E-state index in [2.05, 4.69) is 19.9 Å². The number of halogens is 1. The Bertz CT molecular complexity index is 2790. The fraction of sp³-hybridized carbons (Fsp3) is 0.304. The number of benzene rings is 4. The summed E-state index contributed by atoms with van der Waals surface area (Å²) in [5.74, 6) is -0.594. The van der Waals surface area contributed by atoms with E-state index in [1.165, 1.54) is 12.1 Å². The number of nitrogens with one attached hydrogen (secondary N) is 3. The summed E-state index contributed by atoms with van der Waals surface area (Å²) in [6.07, 6.45) is 2.67. The zero-order valence-corrected chi connectivity index (χ0v) is 36.2. The normalized spacial score (nSPS) is 17.6. The van der Waals surface area contributed by atoms with Crippen molar-refractivity contribution in [1.29, 1.82) is 0 Å². The van der Waals surface area contributed by atoms with Crippen molar-refractivity contribution in [3.63, 3.8) is 0 Å². The van der Waals surface area contributed by atoms with Gasteiger partial charge in [-0.15, -0.1) is 0 Å². The maximum Gasteiger partial charge on any atom is 0.293 e. The molecule has 332 valence electrons. The summed E-state index contributed by atoms with van der Waals surface area (Å²) in [6.45, 7) is 3.38. The van der Waals surface area contributed by atoms with Gasteiger partial charge >= 0.3 is 0 Å². The Hall–Kier alpha value is -6.24. The molecule has 0 spiro atoms. The van der Waals surface area contributed by atoms with Gasteiger partial charge in [-0.05, 0) is 96.5 Å². The number of H-pyrrole nitrogens is 1. The monoisotopic (exact) mass is 907 g/mol. The first kappa shape index (κ1) is 43.0. The molecule has 3 aliphatic rings. The molecular weight excluding hydrogens is 862 g/mol. The number of aromatic nitrogens is 2. The minimum absolute atomic E-state index is 0.0231. The molecule has 6 aromatic rings. The molecule has 0 saturated carbocycles. The summed E-state index contributed by atoms with van der Waals surface area (Å²) < 4.78 is 47.1. The highest BCUT2D eigenvalue weighted by Gasteiger charge is 2.32. The highest BCUT2D eigenvalue weighted by molar-refractivity contribution is 7.90. The number of sulfonamides is 1. The maximum atomic E-state index is 14.3. The van der Waals surface area contributed by atoms with E-state index in [1.807, 2.05) is 71.6 Å². The number of piperidine rings is 1. The van der Waals surface area contributed by atoms with Crippen LogP contribution >= 0.6 is 11.6 Å². The molecule has 3 aliphatic heterocycles. The van der Waals surface area contributed by atoms with Gasteiger partial charge in [0.1, 0.15) is 17.0 Å². The van der Waals surface area contributed by atoms with Gasteiger partial charge in [0.25, 0.3) is 21.6 Å². The number of nitro groups is 1. The SMILES string of the molecule is O=C(NS(=O)(=O)c1ccc(NC[C@H]2COCCO2)c([N+](=O)[O-])c1)c1ccc(N2CCC([C@@H](O)c3ccccc3-c3ccc(Cl)cc3)CC2)cc1N1CCCOc2nc3[nH]ccc3cc21. The van der Waals surface area contributed by atoms with Crippen LogP contribution in [0.25, 0.3) is 22.2 Å². The maximum absolute atomic E-state index is 14.3. The van der Waals surface area contributed by atoms with Crippen LogP contribution in [0.15, 0.2) is 108 Å². The number of aromatic amines is 1. The number of amides is 1. The molecule has 16 nitrogen and oxygen atoms in total. The zero-order chi connectivity index (χ0) is 44.4. The number of carbonyl (C=O) groups excluding carboxylic acids is 1. The summed E-state index contributed by atoms with van der Waals surface area (Å²) in [6, 6.07) is 27.9. The fourth-order valence-electron chi connectivity index (χ4n) is 8.62. The van der Waals surface area contributed by atoms with E-state index in [4.69, 9.17) is 30.8 Å². The third kappa shape index (κ3) is 9.07. The Kier molecular flexibility index (Phi) is 12.4. The van der Waals surface area contributed by atoms with E-state index in [1.54, 1.807) is 18.3 Å². The molecule has 5 heterocycles. The Morgan fingerprint density at radius 2 is 1.78 bits per heavy atom. The van der Waals surface area contributed by atoms with Crippen molar-refractivity contribution in [3.8, 4) is 17.0 Å². The lowest BCUT2D eigenvalue weighted by atomic mass is 9.84. The third-order valence-electron chi connectivity index (χ3n) is 11.9. The third-order valence-corrected chi connectivity index (χ3v) is 13.5. The van der Waals surface area contributed by atoms with Crippen molar-refractivity contribution >= 4 is 67.0 Å². The molecule has 0 radical (unpaired) electrons. The lowest BCUT2D eigenvalue weighted by Crippen LogP contribution is -2.36. The highest BCUT2D eigenvalue weighted by Crippen LogP contribution is 2.42. The number of rotatable bonds is 12. The van der Waals surface area contributed by atoms with Gasteiger partial charge in [-0.3, -0.25) is 14.9 Å². The molecule has 0 aliphatic carbocycles. The largest absolute Gasteiger partial charge is 0.476 e. The average molecular weight is 908 g/mol. The minimum atomic E-state index is -4.62. The predicted octanol–water partition coefficient (Wildman–Crippen LogP) is 7.61. The van der Waals surface area contributed by atoms with Gasteiger partial charge in [-0.2, -0.15) is 4.98 Å². The van der Waals surface area contributed by atoms with E-state index in [-0.39, 0.29) is 29.8 Å². The second-order valence-electron chi connectivity index (χ2n) is 16.0. The summed E-state index contributed by atoms with van der Waals surface area (Å²) in [4.78, 5) is 37.3. The molecule has 4 N–H and O–H groups in total. The summed E-state index contributed by atoms with van der Waals surface area (Å²) in [7, 11) is -4.62. The number of hydrogen-bond donors (Lipinski definition) is 4. The molecule has 2 aromatic heterocycles. The summed E-state index contributed by atoms with van der Waals surface area (Å²) >= 11 is 6.17. The van der Waals surface area contributed by atoms with Crippen molar-refractivity contribution < 1.29 is 37.5 Å². The van der Waals surface area contributed by atoms with Crippen LogP contribution in [0, 0.1) is 16.0 Å². The molecule has 4 aromatic carbocycles. The molecule has 2 fully saturated rings. The number of fused-ring (bicyclic) bond motifs is 2. The predicted molar refractivity (Wildman–Crippen MR) is 243 cm³/mol. The van der Waals surface area contributed by atoms with Gasteiger partial charge in [0, 0.05) is 54.5 Å². The first-order chi connectivity index (χ1) is 31.0. The first-order valence-electron chi connectivity index (χ1n) is 21.1. The lowest BCUT2D eigenvalue weighted by molar-refractivity contribution is -0.384. The van der Waals surface area contributed by atoms with Gasteiger partial charge in [0.2, 0.25) is 5.88 Å². The molecule has 0 bridgehead atoms. The fourth-order valence-corrected chi connectivity index (χ4v) is 9.73. The van der Waals surface area contributed by atoms with Crippen molar-refractivity contribution in [2.24, 2.45) is 5.92 Å². The van der Waals surface area contributed by atoms with Crippen molar-refractivity contribution in [2.75, 3.05) is 67.7 Å². The van der Waals surface area contributed by atoms with Crippen molar-refractivity contribution in [1.82, 2.24) is 14.7 Å². The number of nitro benzene ring substituents is 1. The van der Waals surface area contributed by atoms with Gasteiger partial charge in [-0.25, -0.2) is 13.1 Å².